The summed E-state index contributed by atoms with van der Waals surface area (Å²) in [6, 6.07) is 0. The van der Waals surface area contributed by atoms with E-state index in [1.165, 1.54) is 11.9 Å². The average molecular weight is 364 g/mol. The van der Waals surface area contributed by atoms with E-state index >= 15 is 0 Å². The van der Waals surface area contributed by atoms with Crippen LogP contribution in [0.25, 0.3) is 0 Å². The lowest BCUT2D eigenvalue weighted by Crippen LogP contribution is -2.46. The molecule has 1 saturated heterocycles. The first-order valence-corrected chi connectivity index (χ1v) is 8.96. The van der Waals surface area contributed by atoms with Crippen molar-refractivity contribution in [3.8, 4) is 0 Å². The minimum atomic E-state index is 0.0206. The van der Waals surface area contributed by atoms with Crippen molar-refractivity contribution in [3.05, 3.63) is 29.4 Å². The van der Waals surface area contributed by atoms with Crippen molar-refractivity contribution in [3.63, 3.8) is 0 Å². The Kier molecular flexibility index (Phi) is 5.15. The molecule has 0 saturated carbocycles. The van der Waals surface area contributed by atoms with Gasteiger partial charge in [-0.3, -0.25) is 9.58 Å². The number of rotatable bonds is 4. The van der Waals surface area contributed by atoms with Gasteiger partial charge in [-0.2, -0.15) is 5.10 Å². The number of hydrogen-bond acceptors (Lipinski definition) is 6. The molecule has 0 atom stereocenters. The van der Waals surface area contributed by atoms with Crippen LogP contribution in [-0.4, -0.2) is 57.9 Å². The van der Waals surface area contributed by atoms with Gasteiger partial charge in [0, 0.05) is 51.5 Å². The number of aromatic nitrogens is 4. The minimum Gasteiger partial charge on any atom is -0.383 e. The zero-order valence-corrected chi connectivity index (χ0v) is 16.1. The first kappa shape index (κ1) is 17.9. The van der Waals surface area contributed by atoms with Crippen LogP contribution in [0.2, 0.25) is 5.15 Å². The Morgan fingerprint density at radius 3 is 2.48 bits per heavy atom. The largest absolute Gasteiger partial charge is 0.383 e. The smallest absolute Gasteiger partial charge is 0.157 e. The van der Waals surface area contributed by atoms with Crippen LogP contribution in [0.4, 0.5) is 11.5 Å². The highest BCUT2D eigenvalue weighted by Crippen LogP contribution is 2.29. The van der Waals surface area contributed by atoms with E-state index in [1.54, 1.807) is 0 Å². The van der Waals surface area contributed by atoms with E-state index in [9.17, 15) is 0 Å². The lowest BCUT2D eigenvalue weighted by Gasteiger charge is -2.35. The van der Waals surface area contributed by atoms with Crippen LogP contribution in [0.1, 0.15) is 26.3 Å². The summed E-state index contributed by atoms with van der Waals surface area (Å²) in [6.07, 6.45) is 5.64. The Labute approximate surface area is 154 Å². The molecule has 25 heavy (non-hydrogen) atoms. The van der Waals surface area contributed by atoms with Gasteiger partial charge in [0.25, 0.3) is 0 Å². The molecule has 2 aromatic heterocycles. The fraction of sp³-hybridized carbons (Fsp3) is 0.588. The van der Waals surface area contributed by atoms with Crippen LogP contribution < -0.4 is 10.2 Å². The first-order chi connectivity index (χ1) is 11.9. The SMILES string of the molecule is CNc1c(Cl)ncnc1N1CCN(Cc2cnn(C(C)(C)C)c2)CC1. The number of hydrogen-bond donors (Lipinski definition) is 1. The number of nitrogens with one attached hydrogen (secondary N) is 1. The molecule has 0 bridgehead atoms. The molecule has 7 nitrogen and oxygen atoms in total. The second kappa shape index (κ2) is 7.17. The van der Waals surface area contributed by atoms with Gasteiger partial charge in [-0.1, -0.05) is 11.6 Å². The lowest BCUT2D eigenvalue weighted by atomic mass is 10.1. The number of piperazine rings is 1. The van der Waals surface area contributed by atoms with Gasteiger partial charge in [0.1, 0.15) is 12.0 Å². The van der Waals surface area contributed by atoms with E-state index in [2.05, 4.69) is 57.2 Å². The summed E-state index contributed by atoms with van der Waals surface area (Å²) in [5, 5.41) is 8.06. The minimum absolute atomic E-state index is 0.0206. The Balaban J connectivity index is 1.61. The zero-order valence-electron chi connectivity index (χ0n) is 15.3. The van der Waals surface area contributed by atoms with Crippen LogP contribution in [-0.2, 0) is 12.1 Å². The Bertz CT molecular complexity index is 714. The summed E-state index contributed by atoms with van der Waals surface area (Å²) in [5.41, 5.74) is 2.07. The van der Waals surface area contributed by atoms with Crippen molar-refractivity contribution >= 4 is 23.1 Å². The maximum atomic E-state index is 6.16. The molecule has 0 aromatic carbocycles. The van der Waals surface area contributed by atoms with Crippen LogP contribution in [0.3, 0.4) is 0 Å². The molecule has 1 fully saturated rings. The van der Waals surface area contributed by atoms with Gasteiger partial charge in [-0.15, -0.1) is 0 Å². The second-order valence-corrected chi connectivity index (χ2v) is 7.70. The highest BCUT2D eigenvalue weighted by Gasteiger charge is 2.22. The molecule has 0 aliphatic carbocycles. The fourth-order valence-electron chi connectivity index (χ4n) is 2.99. The normalized spacial score (nSPS) is 16.3. The monoisotopic (exact) mass is 363 g/mol. The third kappa shape index (κ3) is 4.04. The maximum absolute atomic E-state index is 6.16. The summed E-state index contributed by atoms with van der Waals surface area (Å²) < 4.78 is 2.03. The average Bonchev–Trinajstić information content (AvgIpc) is 3.04. The summed E-state index contributed by atoms with van der Waals surface area (Å²) in [7, 11) is 1.84. The van der Waals surface area contributed by atoms with Crippen molar-refractivity contribution in [1.82, 2.24) is 24.6 Å². The van der Waals surface area contributed by atoms with Gasteiger partial charge in [-0.25, -0.2) is 9.97 Å². The Morgan fingerprint density at radius 1 is 1.16 bits per heavy atom. The van der Waals surface area contributed by atoms with E-state index in [0.717, 1.165) is 44.2 Å². The molecule has 0 spiro atoms. The molecule has 136 valence electrons. The van der Waals surface area contributed by atoms with Crippen LogP contribution in [0.5, 0.6) is 0 Å². The van der Waals surface area contributed by atoms with Gasteiger partial charge >= 0.3 is 0 Å². The predicted octanol–water partition coefficient (Wildman–Crippen LogP) is 2.45. The molecule has 3 rings (SSSR count). The van der Waals surface area contributed by atoms with Crippen molar-refractivity contribution in [2.45, 2.75) is 32.9 Å². The Hall–Kier alpha value is -1.86. The molecule has 0 radical (unpaired) electrons. The standard InChI is InChI=1S/C17H26ClN7/c1-17(2,3)25-11-13(9-22-25)10-23-5-7-24(8-6-23)16-14(19-4)15(18)20-12-21-16/h9,11-12,19H,5-8,10H2,1-4H3. The molecule has 2 aromatic rings. The quantitative estimate of drug-likeness (QED) is 0.842. The van der Waals surface area contributed by atoms with E-state index < -0.39 is 0 Å². The van der Waals surface area contributed by atoms with Crippen LogP contribution >= 0.6 is 11.6 Å². The maximum Gasteiger partial charge on any atom is 0.157 e. The summed E-state index contributed by atoms with van der Waals surface area (Å²) in [5.74, 6) is 0.878. The lowest BCUT2D eigenvalue weighted by molar-refractivity contribution is 0.249. The summed E-state index contributed by atoms with van der Waals surface area (Å²) in [6.45, 7) is 11.2. The highest BCUT2D eigenvalue weighted by atomic mass is 35.5. The van der Waals surface area contributed by atoms with Gasteiger partial charge in [0.15, 0.2) is 11.0 Å². The van der Waals surface area contributed by atoms with Crippen LogP contribution in [0, 0.1) is 0 Å². The number of nitrogens with zero attached hydrogens (tertiary/aromatic N) is 6. The van der Waals surface area contributed by atoms with Gasteiger partial charge in [0.2, 0.25) is 0 Å². The fourth-order valence-corrected chi connectivity index (χ4v) is 3.22. The molecule has 1 aliphatic heterocycles. The third-order valence-corrected chi connectivity index (χ3v) is 4.72. The van der Waals surface area contributed by atoms with Crippen molar-refractivity contribution in [2.75, 3.05) is 43.4 Å². The molecule has 0 unspecified atom stereocenters. The molecular weight excluding hydrogens is 338 g/mol. The van der Waals surface area contributed by atoms with E-state index in [0.29, 0.717) is 5.15 Å². The molecule has 1 aliphatic rings. The second-order valence-electron chi connectivity index (χ2n) is 7.34. The van der Waals surface area contributed by atoms with Gasteiger partial charge < -0.3 is 10.2 Å². The predicted molar refractivity (Wildman–Crippen MR) is 101 cm³/mol. The topological polar surface area (TPSA) is 62.1 Å². The molecule has 0 amide bonds. The van der Waals surface area contributed by atoms with Crippen LogP contribution in [0.15, 0.2) is 18.7 Å². The molecule has 1 N–H and O–H groups in total. The van der Waals surface area contributed by atoms with E-state index in [1.807, 2.05) is 17.9 Å². The first-order valence-electron chi connectivity index (χ1n) is 8.58. The summed E-state index contributed by atoms with van der Waals surface area (Å²) in [4.78, 5) is 13.2. The Morgan fingerprint density at radius 2 is 1.88 bits per heavy atom. The van der Waals surface area contributed by atoms with Crippen molar-refractivity contribution in [2.24, 2.45) is 0 Å². The molecular formula is C17H26ClN7. The van der Waals surface area contributed by atoms with Crippen molar-refractivity contribution < 1.29 is 0 Å². The third-order valence-electron chi connectivity index (χ3n) is 4.43. The summed E-state index contributed by atoms with van der Waals surface area (Å²) >= 11 is 6.16. The van der Waals surface area contributed by atoms with Crippen molar-refractivity contribution in [1.29, 1.82) is 0 Å². The van der Waals surface area contributed by atoms with E-state index in [4.69, 9.17) is 11.6 Å². The molecule has 8 heteroatoms. The molecule has 3 heterocycles. The number of halogens is 1. The highest BCUT2D eigenvalue weighted by molar-refractivity contribution is 6.32. The number of anilines is 2. The van der Waals surface area contributed by atoms with E-state index in [-0.39, 0.29) is 5.54 Å². The zero-order chi connectivity index (χ0) is 18.0. The van der Waals surface area contributed by atoms with Gasteiger partial charge in [-0.05, 0) is 20.8 Å². The van der Waals surface area contributed by atoms with Gasteiger partial charge in [0.05, 0.1) is 11.7 Å².